The smallest absolute Gasteiger partial charge is 0.253 e. The number of piperidine rings is 1. The standard InChI is InChI=1S/C18H28N4O/c1-3-14(2)21-18(19)20-13-15-7-9-16(10-8-15)17(23)22-11-5-4-6-12-22/h7-10,14H,3-6,11-13H2,1-2H3,(H3,19,20,21). The quantitative estimate of drug-likeness (QED) is 0.648. The molecule has 1 amide bonds. The van der Waals surface area contributed by atoms with Crippen molar-refractivity contribution in [2.24, 2.45) is 10.7 Å². The van der Waals surface area contributed by atoms with Crippen LogP contribution in [0.15, 0.2) is 29.3 Å². The number of amides is 1. The molecule has 0 spiro atoms. The average molecular weight is 316 g/mol. The van der Waals surface area contributed by atoms with Gasteiger partial charge >= 0.3 is 0 Å². The van der Waals surface area contributed by atoms with E-state index in [4.69, 9.17) is 5.73 Å². The van der Waals surface area contributed by atoms with Gasteiger partial charge in [0.2, 0.25) is 0 Å². The Hall–Kier alpha value is -2.04. The fourth-order valence-electron chi connectivity index (χ4n) is 2.61. The third-order valence-electron chi connectivity index (χ3n) is 4.28. The van der Waals surface area contributed by atoms with E-state index in [0.29, 0.717) is 18.5 Å². The lowest BCUT2D eigenvalue weighted by molar-refractivity contribution is 0.0724. The number of hydrogen-bond donors (Lipinski definition) is 2. The highest BCUT2D eigenvalue weighted by atomic mass is 16.2. The number of nitrogens with zero attached hydrogens (tertiary/aromatic N) is 2. The van der Waals surface area contributed by atoms with E-state index >= 15 is 0 Å². The van der Waals surface area contributed by atoms with Crippen LogP contribution in [-0.2, 0) is 6.54 Å². The molecule has 1 unspecified atom stereocenters. The number of hydrogen-bond acceptors (Lipinski definition) is 2. The van der Waals surface area contributed by atoms with E-state index < -0.39 is 0 Å². The summed E-state index contributed by atoms with van der Waals surface area (Å²) < 4.78 is 0. The molecule has 2 rings (SSSR count). The molecule has 1 aromatic rings. The topological polar surface area (TPSA) is 70.7 Å². The third-order valence-corrected chi connectivity index (χ3v) is 4.28. The van der Waals surface area contributed by atoms with Crippen LogP contribution in [0.4, 0.5) is 0 Å². The van der Waals surface area contributed by atoms with Crippen molar-refractivity contribution in [1.82, 2.24) is 10.2 Å². The number of guanidine groups is 1. The van der Waals surface area contributed by atoms with Gasteiger partial charge < -0.3 is 16.0 Å². The van der Waals surface area contributed by atoms with Crippen LogP contribution in [0.1, 0.15) is 55.5 Å². The minimum Gasteiger partial charge on any atom is -0.370 e. The first kappa shape index (κ1) is 17.3. The molecule has 1 heterocycles. The first-order chi connectivity index (χ1) is 11.1. The van der Waals surface area contributed by atoms with Crippen LogP contribution in [0.5, 0.6) is 0 Å². The van der Waals surface area contributed by atoms with Gasteiger partial charge in [-0.1, -0.05) is 19.1 Å². The van der Waals surface area contributed by atoms with Crippen molar-refractivity contribution in [2.75, 3.05) is 13.1 Å². The van der Waals surface area contributed by atoms with Gasteiger partial charge in [-0.15, -0.1) is 0 Å². The van der Waals surface area contributed by atoms with Crippen molar-refractivity contribution in [3.63, 3.8) is 0 Å². The molecule has 0 aromatic heterocycles. The number of carbonyl (C=O) groups excluding carboxylic acids is 1. The Bertz CT molecular complexity index is 532. The number of rotatable bonds is 5. The Morgan fingerprint density at radius 1 is 1.26 bits per heavy atom. The molecule has 126 valence electrons. The molecule has 0 aliphatic carbocycles. The van der Waals surface area contributed by atoms with E-state index in [-0.39, 0.29) is 5.91 Å². The van der Waals surface area contributed by atoms with E-state index in [1.54, 1.807) is 0 Å². The maximum absolute atomic E-state index is 12.4. The lowest BCUT2D eigenvalue weighted by Crippen LogP contribution is -2.38. The average Bonchev–Trinajstić information content (AvgIpc) is 2.60. The van der Waals surface area contributed by atoms with Gasteiger partial charge in [-0.05, 0) is 50.3 Å². The highest BCUT2D eigenvalue weighted by Gasteiger charge is 2.17. The highest BCUT2D eigenvalue weighted by molar-refractivity contribution is 5.94. The molecule has 1 atom stereocenters. The monoisotopic (exact) mass is 316 g/mol. The summed E-state index contributed by atoms with van der Waals surface area (Å²) >= 11 is 0. The van der Waals surface area contributed by atoms with Crippen LogP contribution in [0.2, 0.25) is 0 Å². The molecule has 1 aliphatic rings. The minimum atomic E-state index is 0.137. The van der Waals surface area contributed by atoms with Gasteiger partial charge in [-0.25, -0.2) is 4.99 Å². The first-order valence-corrected chi connectivity index (χ1v) is 8.54. The van der Waals surface area contributed by atoms with Gasteiger partial charge in [0.1, 0.15) is 0 Å². The summed E-state index contributed by atoms with van der Waals surface area (Å²) in [7, 11) is 0. The molecule has 1 aliphatic heterocycles. The summed E-state index contributed by atoms with van der Waals surface area (Å²) in [5.74, 6) is 0.602. The Kier molecular flexibility index (Phi) is 6.44. The molecule has 3 N–H and O–H groups in total. The molecule has 0 saturated carbocycles. The largest absolute Gasteiger partial charge is 0.370 e. The third kappa shape index (κ3) is 5.27. The lowest BCUT2D eigenvalue weighted by atomic mass is 10.1. The van der Waals surface area contributed by atoms with Gasteiger partial charge in [-0.3, -0.25) is 4.79 Å². The number of nitrogens with one attached hydrogen (secondary N) is 1. The number of benzene rings is 1. The van der Waals surface area contributed by atoms with Crippen molar-refractivity contribution in [3.8, 4) is 0 Å². The fraction of sp³-hybridized carbons (Fsp3) is 0.556. The predicted octanol–water partition coefficient (Wildman–Crippen LogP) is 2.52. The molecule has 5 heteroatoms. The highest BCUT2D eigenvalue weighted by Crippen LogP contribution is 2.14. The Morgan fingerprint density at radius 2 is 1.91 bits per heavy atom. The lowest BCUT2D eigenvalue weighted by Gasteiger charge is -2.26. The second-order valence-corrected chi connectivity index (χ2v) is 6.20. The molecule has 1 fully saturated rings. The van der Waals surface area contributed by atoms with Crippen LogP contribution < -0.4 is 11.1 Å². The predicted molar refractivity (Wildman–Crippen MR) is 94.4 cm³/mol. The molecular weight excluding hydrogens is 288 g/mol. The first-order valence-electron chi connectivity index (χ1n) is 8.54. The number of nitrogens with two attached hydrogens (primary N) is 1. The Morgan fingerprint density at radius 3 is 2.52 bits per heavy atom. The van der Waals surface area contributed by atoms with Crippen LogP contribution in [0.3, 0.4) is 0 Å². The fourth-order valence-corrected chi connectivity index (χ4v) is 2.61. The van der Waals surface area contributed by atoms with Crippen molar-refractivity contribution in [1.29, 1.82) is 0 Å². The van der Waals surface area contributed by atoms with E-state index in [0.717, 1.165) is 43.5 Å². The van der Waals surface area contributed by atoms with E-state index in [1.165, 1.54) is 6.42 Å². The SMILES string of the molecule is CCC(C)NC(N)=NCc1ccc(C(=O)N2CCCCC2)cc1. The molecule has 0 bridgehead atoms. The van der Waals surface area contributed by atoms with E-state index in [9.17, 15) is 4.79 Å². The molecule has 1 saturated heterocycles. The summed E-state index contributed by atoms with van der Waals surface area (Å²) in [5, 5.41) is 3.14. The van der Waals surface area contributed by atoms with Crippen molar-refractivity contribution in [2.45, 2.75) is 52.1 Å². The normalized spacial score (nSPS) is 17.0. The zero-order valence-corrected chi connectivity index (χ0v) is 14.2. The van der Waals surface area contributed by atoms with Crippen LogP contribution in [-0.4, -0.2) is 35.9 Å². The molecular formula is C18H28N4O. The van der Waals surface area contributed by atoms with Crippen LogP contribution in [0.25, 0.3) is 0 Å². The second-order valence-electron chi connectivity index (χ2n) is 6.20. The summed E-state index contributed by atoms with van der Waals surface area (Å²) in [4.78, 5) is 18.7. The van der Waals surface area contributed by atoms with Crippen molar-refractivity contribution in [3.05, 3.63) is 35.4 Å². The Balaban J connectivity index is 1.91. The minimum absolute atomic E-state index is 0.137. The van der Waals surface area contributed by atoms with Crippen molar-refractivity contribution < 1.29 is 4.79 Å². The van der Waals surface area contributed by atoms with Gasteiger partial charge in [0, 0.05) is 24.7 Å². The van der Waals surface area contributed by atoms with E-state index in [2.05, 4.69) is 24.2 Å². The van der Waals surface area contributed by atoms with Gasteiger partial charge in [-0.2, -0.15) is 0 Å². The summed E-state index contributed by atoms with van der Waals surface area (Å²) in [6, 6.07) is 8.01. The van der Waals surface area contributed by atoms with Crippen LogP contribution >= 0.6 is 0 Å². The van der Waals surface area contributed by atoms with Gasteiger partial charge in [0.05, 0.1) is 6.54 Å². The summed E-state index contributed by atoms with van der Waals surface area (Å²) in [6.07, 6.45) is 4.46. The molecule has 0 radical (unpaired) electrons. The van der Waals surface area contributed by atoms with Gasteiger partial charge in [0.25, 0.3) is 5.91 Å². The maximum atomic E-state index is 12.4. The summed E-state index contributed by atoms with van der Waals surface area (Å²) in [5.41, 5.74) is 7.66. The molecule has 5 nitrogen and oxygen atoms in total. The molecule has 23 heavy (non-hydrogen) atoms. The second kappa shape index (κ2) is 8.56. The number of likely N-dealkylation sites (tertiary alicyclic amines) is 1. The zero-order chi connectivity index (χ0) is 16.7. The van der Waals surface area contributed by atoms with Gasteiger partial charge in [0.15, 0.2) is 5.96 Å². The maximum Gasteiger partial charge on any atom is 0.253 e. The summed E-state index contributed by atoms with van der Waals surface area (Å²) in [6.45, 7) is 6.45. The number of aliphatic imine (C=N–C) groups is 1. The number of carbonyl (C=O) groups is 1. The van der Waals surface area contributed by atoms with E-state index in [1.807, 2.05) is 29.2 Å². The zero-order valence-electron chi connectivity index (χ0n) is 14.2. The molecule has 1 aromatic carbocycles. The van der Waals surface area contributed by atoms with Crippen molar-refractivity contribution >= 4 is 11.9 Å². The Labute approximate surface area is 139 Å². The van der Waals surface area contributed by atoms with Crippen LogP contribution in [0, 0.1) is 0 Å².